The van der Waals surface area contributed by atoms with Crippen LogP contribution in [0.1, 0.15) is 31.4 Å². The van der Waals surface area contributed by atoms with Gasteiger partial charge in [0, 0.05) is 50.3 Å². The Bertz CT molecular complexity index is 651. The molecule has 1 unspecified atom stereocenters. The first kappa shape index (κ1) is 20.4. The summed E-state index contributed by atoms with van der Waals surface area (Å²) in [5.74, 6) is 1.03. The molecule has 148 valence electrons. The Labute approximate surface area is 171 Å². The quantitative estimate of drug-likeness (QED) is 0.437. The van der Waals surface area contributed by atoms with E-state index in [0.717, 1.165) is 69.2 Å². The predicted molar refractivity (Wildman–Crippen MR) is 115 cm³/mol. The molecule has 2 heterocycles. The van der Waals surface area contributed by atoms with E-state index in [-0.39, 0.29) is 0 Å². The molecule has 0 radical (unpaired) electrons. The summed E-state index contributed by atoms with van der Waals surface area (Å²) in [6.45, 7) is 9.00. The van der Waals surface area contributed by atoms with Crippen molar-refractivity contribution in [3.8, 4) is 0 Å². The molecule has 0 aromatic heterocycles. The molecule has 3 rings (SSSR count). The molecule has 1 aromatic carbocycles. The maximum atomic E-state index is 5.37. The summed E-state index contributed by atoms with van der Waals surface area (Å²) >= 11 is 3.52. The molecule has 27 heavy (non-hydrogen) atoms. The second kappa shape index (κ2) is 10.2. The molecule has 6 heteroatoms. The molecule has 0 spiro atoms. The number of hydrogen-bond acceptors (Lipinski definition) is 3. The van der Waals surface area contributed by atoms with Crippen LogP contribution in [0.15, 0.2) is 45.4 Å². The van der Waals surface area contributed by atoms with E-state index in [1.54, 1.807) is 0 Å². The Kier molecular flexibility index (Phi) is 7.73. The van der Waals surface area contributed by atoms with E-state index in [1.165, 1.54) is 11.1 Å². The highest BCUT2D eigenvalue weighted by molar-refractivity contribution is 9.10. The molecule has 1 aromatic rings. The summed E-state index contributed by atoms with van der Waals surface area (Å²) in [7, 11) is 1.88. The van der Waals surface area contributed by atoms with Crippen molar-refractivity contribution >= 4 is 21.9 Å². The summed E-state index contributed by atoms with van der Waals surface area (Å²) in [6, 6.07) is 9.12. The van der Waals surface area contributed by atoms with E-state index < -0.39 is 0 Å². The monoisotopic (exact) mass is 434 g/mol. The van der Waals surface area contributed by atoms with Crippen molar-refractivity contribution in [2.24, 2.45) is 4.99 Å². The van der Waals surface area contributed by atoms with E-state index in [1.807, 2.05) is 7.05 Å². The van der Waals surface area contributed by atoms with Crippen molar-refractivity contribution in [3.63, 3.8) is 0 Å². The second-order valence-electron chi connectivity index (χ2n) is 7.16. The van der Waals surface area contributed by atoms with Gasteiger partial charge < -0.3 is 15.0 Å². The van der Waals surface area contributed by atoms with Crippen LogP contribution in [0, 0.1) is 0 Å². The van der Waals surface area contributed by atoms with Crippen LogP contribution in [-0.4, -0.2) is 68.7 Å². The third kappa shape index (κ3) is 5.80. The molecule has 1 atom stereocenters. The number of benzene rings is 1. The van der Waals surface area contributed by atoms with Crippen LogP contribution in [0.4, 0.5) is 0 Å². The van der Waals surface area contributed by atoms with Crippen LogP contribution in [0.5, 0.6) is 0 Å². The van der Waals surface area contributed by atoms with E-state index in [4.69, 9.17) is 4.74 Å². The minimum Gasteiger partial charge on any atom is -0.377 e. The molecule has 0 saturated carbocycles. The van der Waals surface area contributed by atoms with Gasteiger partial charge in [-0.25, -0.2) is 0 Å². The van der Waals surface area contributed by atoms with Crippen molar-refractivity contribution in [3.05, 3.63) is 46.0 Å². The van der Waals surface area contributed by atoms with Crippen LogP contribution in [0.3, 0.4) is 0 Å². The fourth-order valence-corrected chi connectivity index (χ4v) is 4.00. The number of aliphatic imine (C=N–C) groups is 1. The lowest BCUT2D eigenvalue weighted by atomic mass is 10.1. The topological polar surface area (TPSA) is 40.1 Å². The summed E-state index contributed by atoms with van der Waals surface area (Å²) in [5, 5.41) is 3.54. The zero-order valence-corrected chi connectivity index (χ0v) is 18.0. The van der Waals surface area contributed by atoms with E-state index >= 15 is 0 Å². The predicted octanol–water partition coefficient (Wildman–Crippen LogP) is 3.44. The highest BCUT2D eigenvalue weighted by atomic mass is 79.9. The molecule has 0 bridgehead atoms. The highest BCUT2D eigenvalue weighted by Gasteiger charge is 2.23. The van der Waals surface area contributed by atoms with Crippen LogP contribution in [0.25, 0.3) is 0 Å². The van der Waals surface area contributed by atoms with Gasteiger partial charge in [-0.1, -0.05) is 39.7 Å². The van der Waals surface area contributed by atoms with Crippen molar-refractivity contribution in [1.29, 1.82) is 0 Å². The maximum absolute atomic E-state index is 5.37. The van der Waals surface area contributed by atoms with Gasteiger partial charge in [0.2, 0.25) is 0 Å². The summed E-state index contributed by atoms with van der Waals surface area (Å²) < 4.78 is 6.51. The highest BCUT2D eigenvalue weighted by Crippen LogP contribution is 2.23. The zero-order valence-electron chi connectivity index (χ0n) is 16.5. The van der Waals surface area contributed by atoms with Gasteiger partial charge in [0.25, 0.3) is 0 Å². The lowest BCUT2D eigenvalue weighted by Gasteiger charge is -2.39. The number of ether oxygens (including phenoxy) is 1. The summed E-state index contributed by atoms with van der Waals surface area (Å²) in [6.07, 6.45) is 4.35. The standard InChI is InChI=1S/C21H31BrN4O/c1-17(19-3-5-20(22)6-4-19)25-11-13-26(14-12-25)21(23-2)24-10-7-18-8-15-27-16-9-18/h3-6,8,17H,7,9-16H2,1-2H3,(H,23,24). The van der Waals surface area contributed by atoms with Crippen LogP contribution < -0.4 is 5.32 Å². The molecule has 2 aliphatic rings. The number of nitrogens with one attached hydrogen (secondary N) is 1. The number of rotatable bonds is 5. The minimum absolute atomic E-state index is 0.440. The van der Waals surface area contributed by atoms with Crippen LogP contribution in [-0.2, 0) is 4.74 Å². The summed E-state index contributed by atoms with van der Waals surface area (Å²) in [4.78, 5) is 9.43. The average molecular weight is 435 g/mol. The number of piperazine rings is 1. The Morgan fingerprint density at radius 1 is 1.22 bits per heavy atom. The van der Waals surface area contributed by atoms with Crippen LogP contribution >= 0.6 is 15.9 Å². The minimum atomic E-state index is 0.440. The van der Waals surface area contributed by atoms with Gasteiger partial charge >= 0.3 is 0 Å². The molecule has 1 N–H and O–H groups in total. The zero-order chi connectivity index (χ0) is 19.1. The fraction of sp³-hybridized carbons (Fsp3) is 0.571. The molecule has 0 amide bonds. The Balaban J connectivity index is 1.45. The van der Waals surface area contributed by atoms with Crippen molar-refractivity contribution in [2.75, 3.05) is 53.0 Å². The van der Waals surface area contributed by atoms with Gasteiger partial charge in [0.05, 0.1) is 13.2 Å². The van der Waals surface area contributed by atoms with Gasteiger partial charge in [-0.05, 0) is 37.5 Å². The largest absolute Gasteiger partial charge is 0.377 e. The smallest absolute Gasteiger partial charge is 0.193 e. The van der Waals surface area contributed by atoms with Gasteiger partial charge in [-0.2, -0.15) is 0 Å². The first-order valence-corrected chi connectivity index (χ1v) is 10.7. The molecule has 2 aliphatic heterocycles. The van der Waals surface area contributed by atoms with Crippen molar-refractivity contribution in [1.82, 2.24) is 15.1 Å². The Morgan fingerprint density at radius 2 is 1.96 bits per heavy atom. The number of guanidine groups is 1. The lowest BCUT2D eigenvalue weighted by Crippen LogP contribution is -2.53. The average Bonchev–Trinajstić information content (AvgIpc) is 2.72. The van der Waals surface area contributed by atoms with Gasteiger partial charge in [-0.15, -0.1) is 0 Å². The van der Waals surface area contributed by atoms with Gasteiger partial charge in [0.15, 0.2) is 5.96 Å². The van der Waals surface area contributed by atoms with Crippen molar-refractivity contribution < 1.29 is 4.74 Å². The SMILES string of the molecule is CN=C(NCCC1=CCOCC1)N1CCN(C(C)c2ccc(Br)cc2)CC1. The summed E-state index contributed by atoms with van der Waals surface area (Å²) in [5.41, 5.74) is 2.87. The first-order valence-electron chi connectivity index (χ1n) is 9.88. The maximum Gasteiger partial charge on any atom is 0.193 e. The van der Waals surface area contributed by atoms with E-state index in [2.05, 4.69) is 73.3 Å². The third-order valence-electron chi connectivity index (χ3n) is 5.51. The van der Waals surface area contributed by atoms with Crippen LogP contribution in [0.2, 0.25) is 0 Å². The first-order chi connectivity index (χ1) is 13.2. The van der Waals surface area contributed by atoms with Gasteiger partial charge in [0.1, 0.15) is 0 Å². The molecular formula is C21H31BrN4O. The number of nitrogens with zero attached hydrogens (tertiary/aromatic N) is 3. The normalized spacial score (nSPS) is 20.3. The molecule has 1 fully saturated rings. The lowest BCUT2D eigenvalue weighted by molar-refractivity contribution is 0.138. The Hall–Kier alpha value is -1.37. The molecule has 0 aliphatic carbocycles. The Morgan fingerprint density at radius 3 is 2.59 bits per heavy atom. The van der Waals surface area contributed by atoms with Crippen molar-refractivity contribution in [2.45, 2.75) is 25.8 Å². The molecule has 1 saturated heterocycles. The number of halogens is 1. The van der Waals surface area contributed by atoms with E-state index in [0.29, 0.717) is 6.04 Å². The molecule has 5 nitrogen and oxygen atoms in total. The third-order valence-corrected chi connectivity index (χ3v) is 6.04. The number of hydrogen-bond donors (Lipinski definition) is 1. The van der Waals surface area contributed by atoms with E-state index in [9.17, 15) is 0 Å². The van der Waals surface area contributed by atoms with Gasteiger partial charge in [-0.3, -0.25) is 9.89 Å². The molecular weight excluding hydrogens is 404 g/mol. The fourth-order valence-electron chi connectivity index (χ4n) is 3.73. The second-order valence-corrected chi connectivity index (χ2v) is 8.08.